The molecule has 8 heteroatoms. The summed E-state index contributed by atoms with van der Waals surface area (Å²) in [6.45, 7) is 0.279. The predicted molar refractivity (Wildman–Crippen MR) is 91.0 cm³/mol. The number of hydrogen-bond donors (Lipinski definition) is 2. The number of aromatic nitrogens is 2. The Bertz CT molecular complexity index is 952. The van der Waals surface area contributed by atoms with Gasteiger partial charge in [0.05, 0.1) is 18.9 Å². The lowest BCUT2D eigenvalue weighted by molar-refractivity contribution is -0.147. The molecule has 0 radical (unpaired) electrons. The lowest BCUT2D eigenvalue weighted by Crippen LogP contribution is -2.53. The monoisotopic (exact) mass is 355 g/mol. The molecule has 2 aromatic rings. The second kappa shape index (κ2) is 6.38. The zero-order valence-corrected chi connectivity index (χ0v) is 13.9. The van der Waals surface area contributed by atoms with Crippen LogP contribution < -0.4 is 5.56 Å². The number of aliphatic carboxylic acids is 1. The topological polar surface area (TPSA) is 113 Å². The first kappa shape index (κ1) is 16.5. The van der Waals surface area contributed by atoms with Crippen LogP contribution in [0.3, 0.4) is 0 Å². The van der Waals surface area contributed by atoms with Crippen molar-refractivity contribution in [3.63, 3.8) is 0 Å². The van der Waals surface area contributed by atoms with Crippen molar-refractivity contribution in [3.8, 4) is 11.3 Å². The van der Waals surface area contributed by atoms with Gasteiger partial charge in [0.1, 0.15) is 5.56 Å². The molecular formula is C18H17N3O5. The van der Waals surface area contributed by atoms with Gasteiger partial charge in [0, 0.05) is 12.1 Å². The summed E-state index contributed by atoms with van der Waals surface area (Å²) in [5, 5.41) is 15.9. The van der Waals surface area contributed by atoms with Crippen LogP contribution in [0.1, 0.15) is 21.5 Å². The Balaban J connectivity index is 1.82. The highest BCUT2D eigenvalue weighted by Crippen LogP contribution is 2.32. The number of benzene rings is 1. The Morgan fingerprint density at radius 2 is 2.08 bits per heavy atom. The zero-order chi connectivity index (χ0) is 18.3. The quantitative estimate of drug-likeness (QED) is 0.809. The Hall–Kier alpha value is -3.00. The van der Waals surface area contributed by atoms with Gasteiger partial charge in [0.2, 0.25) is 0 Å². The van der Waals surface area contributed by atoms with Gasteiger partial charge in [0.25, 0.3) is 11.5 Å². The average Bonchev–Trinajstić information content (AvgIpc) is 2.67. The van der Waals surface area contributed by atoms with Crippen LogP contribution in [0.4, 0.5) is 0 Å². The summed E-state index contributed by atoms with van der Waals surface area (Å²) in [5.41, 5.74) is 2.54. The molecule has 0 spiro atoms. The number of ether oxygens (including phenoxy) is 1. The largest absolute Gasteiger partial charge is 0.480 e. The number of carbonyl (C=O) groups excluding carboxylic acids is 1. The van der Waals surface area contributed by atoms with Crippen molar-refractivity contribution in [1.29, 1.82) is 0 Å². The van der Waals surface area contributed by atoms with E-state index in [-0.39, 0.29) is 25.3 Å². The Morgan fingerprint density at radius 1 is 1.27 bits per heavy atom. The molecule has 134 valence electrons. The second-order valence-electron chi connectivity index (χ2n) is 6.34. The van der Waals surface area contributed by atoms with Gasteiger partial charge in [-0.1, -0.05) is 24.3 Å². The number of carbonyl (C=O) groups is 2. The van der Waals surface area contributed by atoms with Gasteiger partial charge in [-0.05, 0) is 24.0 Å². The highest BCUT2D eigenvalue weighted by Gasteiger charge is 2.36. The average molecular weight is 355 g/mol. The van der Waals surface area contributed by atoms with E-state index < -0.39 is 23.5 Å². The van der Waals surface area contributed by atoms with E-state index in [1.807, 2.05) is 24.3 Å². The number of nitrogens with one attached hydrogen (secondary N) is 1. The summed E-state index contributed by atoms with van der Waals surface area (Å²) in [4.78, 5) is 38.2. The molecule has 1 unspecified atom stereocenters. The first-order chi connectivity index (χ1) is 12.6. The summed E-state index contributed by atoms with van der Waals surface area (Å²) in [5.74, 6) is -1.73. The van der Waals surface area contributed by atoms with Crippen LogP contribution in [0.25, 0.3) is 11.3 Å². The number of nitrogens with zero attached hydrogens (tertiary/aromatic N) is 2. The third-order valence-corrected chi connectivity index (χ3v) is 4.89. The van der Waals surface area contributed by atoms with Crippen molar-refractivity contribution in [1.82, 2.24) is 15.1 Å². The third-order valence-electron chi connectivity index (χ3n) is 4.89. The Kier molecular flexibility index (Phi) is 4.04. The Morgan fingerprint density at radius 3 is 2.88 bits per heavy atom. The molecule has 0 saturated carbocycles. The molecule has 2 N–H and O–H groups in total. The van der Waals surface area contributed by atoms with Crippen molar-refractivity contribution < 1.29 is 19.4 Å². The zero-order valence-electron chi connectivity index (χ0n) is 13.9. The first-order valence-corrected chi connectivity index (χ1v) is 8.39. The molecule has 1 aromatic heterocycles. The molecule has 1 fully saturated rings. The minimum Gasteiger partial charge on any atom is -0.480 e. The van der Waals surface area contributed by atoms with Crippen LogP contribution in [-0.4, -0.2) is 57.9 Å². The lowest BCUT2D eigenvalue weighted by Gasteiger charge is -2.33. The van der Waals surface area contributed by atoms with Gasteiger partial charge < -0.3 is 14.7 Å². The molecule has 2 heterocycles. The SMILES string of the molecule is O=C(O)C1COCCN1C(=O)c1c2c(n[nH]c1=O)-c1ccccc1CC2. The molecule has 0 bridgehead atoms. The van der Waals surface area contributed by atoms with Gasteiger partial charge >= 0.3 is 5.97 Å². The number of rotatable bonds is 2. The molecule has 1 aliphatic heterocycles. The third kappa shape index (κ3) is 2.59. The van der Waals surface area contributed by atoms with Crippen LogP contribution in [0.2, 0.25) is 0 Å². The summed E-state index contributed by atoms with van der Waals surface area (Å²) in [6.07, 6.45) is 1.20. The number of fused-ring (bicyclic) bond motifs is 3. The number of carboxylic acids is 1. The van der Waals surface area contributed by atoms with E-state index >= 15 is 0 Å². The van der Waals surface area contributed by atoms with E-state index in [0.29, 0.717) is 24.1 Å². The van der Waals surface area contributed by atoms with E-state index in [9.17, 15) is 19.5 Å². The van der Waals surface area contributed by atoms with Gasteiger partial charge in [-0.25, -0.2) is 9.89 Å². The first-order valence-electron chi connectivity index (χ1n) is 8.39. The molecule has 8 nitrogen and oxygen atoms in total. The molecule has 26 heavy (non-hydrogen) atoms. The maximum atomic E-state index is 13.1. The molecule has 1 aliphatic carbocycles. The van der Waals surface area contributed by atoms with E-state index in [1.54, 1.807) is 0 Å². The van der Waals surface area contributed by atoms with Gasteiger partial charge in [0.15, 0.2) is 6.04 Å². The van der Waals surface area contributed by atoms with Crippen LogP contribution in [-0.2, 0) is 22.4 Å². The summed E-state index contributed by atoms with van der Waals surface area (Å²) in [7, 11) is 0. The molecule has 1 amide bonds. The minimum atomic E-state index is -1.15. The fraction of sp³-hybridized carbons (Fsp3) is 0.333. The van der Waals surface area contributed by atoms with E-state index in [2.05, 4.69) is 10.2 Å². The number of amides is 1. The standard InChI is InChI=1S/C18H17N3O5/c22-16-14(17(23)21-7-8-26-9-13(21)18(24)25)12-6-5-10-3-1-2-4-11(10)15(12)19-20-16/h1-4,13H,5-9H2,(H,20,22)(H,24,25). The number of hydrogen-bond acceptors (Lipinski definition) is 5. The molecule has 1 saturated heterocycles. The fourth-order valence-corrected chi connectivity index (χ4v) is 3.60. The van der Waals surface area contributed by atoms with Gasteiger partial charge in [-0.3, -0.25) is 9.59 Å². The van der Waals surface area contributed by atoms with Crippen LogP contribution in [0.15, 0.2) is 29.1 Å². The van der Waals surface area contributed by atoms with Crippen molar-refractivity contribution in [3.05, 3.63) is 51.3 Å². The van der Waals surface area contributed by atoms with Crippen molar-refractivity contribution in [2.45, 2.75) is 18.9 Å². The second-order valence-corrected chi connectivity index (χ2v) is 6.34. The highest BCUT2D eigenvalue weighted by molar-refractivity contribution is 5.99. The maximum absolute atomic E-state index is 13.1. The van der Waals surface area contributed by atoms with Crippen molar-refractivity contribution >= 4 is 11.9 Å². The molecule has 1 aromatic carbocycles. The molecule has 1 atom stereocenters. The summed E-state index contributed by atoms with van der Waals surface area (Å²) < 4.78 is 5.18. The molecule has 4 rings (SSSR count). The minimum absolute atomic E-state index is 0.0161. The Labute approximate surface area is 148 Å². The highest BCUT2D eigenvalue weighted by atomic mass is 16.5. The van der Waals surface area contributed by atoms with Gasteiger partial charge in [-0.2, -0.15) is 5.10 Å². The number of aryl methyl sites for hydroxylation is 1. The van der Waals surface area contributed by atoms with Crippen LogP contribution in [0, 0.1) is 0 Å². The molecule has 2 aliphatic rings. The van der Waals surface area contributed by atoms with Crippen LogP contribution >= 0.6 is 0 Å². The maximum Gasteiger partial charge on any atom is 0.328 e. The van der Waals surface area contributed by atoms with Crippen molar-refractivity contribution in [2.75, 3.05) is 19.8 Å². The summed E-state index contributed by atoms with van der Waals surface area (Å²) in [6, 6.07) is 6.61. The fourth-order valence-electron chi connectivity index (χ4n) is 3.60. The van der Waals surface area contributed by atoms with E-state index in [0.717, 1.165) is 11.1 Å². The smallest absolute Gasteiger partial charge is 0.328 e. The lowest BCUT2D eigenvalue weighted by atomic mass is 9.87. The van der Waals surface area contributed by atoms with Crippen LogP contribution in [0.5, 0.6) is 0 Å². The normalized spacial score (nSPS) is 18.8. The number of morpholine rings is 1. The van der Waals surface area contributed by atoms with Crippen molar-refractivity contribution in [2.24, 2.45) is 0 Å². The van der Waals surface area contributed by atoms with E-state index in [1.165, 1.54) is 4.90 Å². The molecular weight excluding hydrogens is 338 g/mol. The number of aromatic amines is 1. The number of carboxylic acid groups (broad SMARTS) is 1. The van der Waals surface area contributed by atoms with E-state index in [4.69, 9.17) is 4.74 Å². The summed E-state index contributed by atoms with van der Waals surface area (Å²) >= 11 is 0. The number of H-pyrrole nitrogens is 1. The van der Waals surface area contributed by atoms with Gasteiger partial charge in [-0.15, -0.1) is 0 Å². The predicted octanol–water partition coefficient (Wildman–Crippen LogP) is 0.461.